The predicted octanol–water partition coefficient (Wildman–Crippen LogP) is 2.52. The highest BCUT2D eigenvalue weighted by Crippen LogP contribution is 2.24. The Hall–Kier alpha value is -1.71. The summed E-state index contributed by atoms with van der Waals surface area (Å²) in [6.07, 6.45) is 1.02. The topological polar surface area (TPSA) is 49.8 Å². The van der Waals surface area contributed by atoms with Gasteiger partial charge in [0.1, 0.15) is 11.5 Å². The van der Waals surface area contributed by atoms with Gasteiger partial charge in [-0.1, -0.05) is 20.3 Å². The normalized spacial score (nSPS) is 12.0. The lowest BCUT2D eigenvalue weighted by molar-refractivity contribution is 0.0771. The number of hydrogen-bond donors (Lipinski definition) is 1. The molecule has 100 valence electrons. The van der Waals surface area contributed by atoms with E-state index in [1.54, 1.807) is 24.1 Å². The largest absolute Gasteiger partial charge is 0.507 e. The molecule has 18 heavy (non-hydrogen) atoms. The number of hydrogen-bond acceptors (Lipinski definition) is 3. The van der Waals surface area contributed by atoms with Crippen molar-refractivity contribution in [1.29, 1.82) is 0 Å². The van der Waals surface area contributed by atoms with Crippen molar-refractivity contribution >= 4 is 5.91 Å². The summed E-state index contributed by atoms with van der Waals surface area (Å²) in [4.78, 5) is 13.8. The molecule has 1 amide bonds. The highest BCUT2D eigenvalue weighted by molar-refractivity contribution is 5.97. The number of phenols is 1. The fourth-order valence-corrected chi connectivity index (χ4v) is 1.70. The van der Waals surface area contributed by atoms with E-state index in [0.29, 0.717) is 18.2 Å². The Bertz CT molecular complexity index is 418. The molecule has 0 aromatic heterocycles. The van der Waals surface area contributed by atoms with E-state index in [4.69, 9.17) is 4.74 Å². The summed E-state index contributed by atoms with van der Waals surface area (Å²) in [5.41, 5.74) is 0.278. The van der Waals surface area contributed by atoms with Crippen LogP contribution in [-0.4, -0.2) is 36.6 Å². The summed E-state index contributed by atoms with van der Waals surface area (Å²) in [6, 6.07) is 4.66. The Morgan fingerprint density at radius 1 is 1.50 bits per heavy atom. The van der Waals surface area contributed by atoms with Gasteiger partial charge in [-0.05, 0) is 24.1 Å². The number of carbonyl (C=O) groups is 1. The van der Waals surface area contributed by atoms with Gasteiger partial charge in [0, 0.05) is 13.6 Å². The lowest BCUT2D eigenvalue weighted by Gasteiger charge is -2.21. The molecule has 0 heterocycles. The molecule has 0 saturated heterocycles. The molecule has 1 atom stereocenters. The van der Waals surface area contributed by atoms with Crippen LogP contribution in [0.2, 0.25) is 0 Å². The average molecular weight is 251 g/mol. The molecule has 0 saturated carbocycles. The second-order valence-electron chi connectivity index (χ2n) is 4.58. The van der Waals surface area contributed by atoms with Gasteiger partial charge in [0.2, 0.25) is 0 Å². The third-order valence-corrected chi connectivity index (χ3v) is 3.06. The summed E-state index contributed by atoms with van der Waals surface area (Å²) in [7, 11) is 3.27. The van der Waals surface area contributed by atoms with Crippen LogP contribution < -0.4 is 4.74 Å². The van der Waals surface area contributed by atoms with Crippen LogP contribution in [0.3, 0.4) is 0 Å². The molecule has 0 aliphatic carbocycles. The number of methoxy groups -OCH3 is 1. The molecule has 4 nitrogen and oxygen atoms in total. The number of phenolic OH excluding ortho intramolecular Hbond substituents is 1. The SMILES string of the molecule is CCC(C)CN(C)C(=O)c1cc(OC)ccc1O. The fraction of sp³-hybridized carbons (Fsp3) is 0.500. The summed E-state index contributed by atoms with van der Waals surface area (Å²) in [5.74, 6) is 0.795. The second-order valence-corrected chi connectivity index (χ2v) is 4.58. The summed E-state index contributed by atoms with van der Waals surface area (Å²) >= 11 is 0. The van der Waals surface area contributed by atoms with Gasteiger partial charge >= 0.3 is 0 Å². The van der Waals surface area contributed by atoms with Crippen molar-refractivity contribution in [3.8, 4) is 11.5 Å². The molecule has 1 N–H and O–H groups in total. The molecular formula is C14H21NO3. The quantitative estimate of drug-likeness (QED) is 0.874. The maximum atomic E-state index is 12.2. The third-order valence-electron chi connectivity index (χ3n) is 3.06. The van der Waals surface area contributed by atoms with Crippen LogP contribution in [0.25, 0.3) is 0 Å². The maximum absolute atomic E-state index is 12.2. The number of aromatic hydroxyl groups is 1. The molecule has 0 bridgehead atoms. The van der Waals surface area contributed by atoms with Crippen LogP contribution in [-0.2, 0) is 0 Å². The average Bonchev–Trinajstić information content (AvgIpc) is 2.38. The number of ether oxygens (including phenoxy) is 1. The van der Waals surface area contributed by atoms with Crippen molar-refractivity contribution < 1.29 is 14.6 Å². The first-order valence-electron chi connectivity index (χ1n) is 6.12. The zero-order valence-electron chi connectivity index (χ0n) is 11.4. The van der Waals surface area contributed by atoms with Gasteiger partial charge in [-0.25, -0.2) is 0 Å². The van der Waals surface area contributed by atoms with Crippen LogP contribution >= 0.6 is 0 Å². The van der Waals surface area contributed by atoms with Crippen molar-refractivity contribution in [3.05, 3.63) is 23.8 Å². The molecule has 1 aromatic carbocycles. The second kappa shape index (κ2) is 6.28. The standard InChI is InChI=1S/C14H21NO3/c1-5-10(2)9-15(3)14(17)12-8-11(18-4)6-7-13(12)16/h6-8,10,16H,5,9H2,1-4H3. The minimum absolute atomic E-state index is 0.0169. The molecule has 1 rings (SSSR count). The zero-order valence-corrected chi connectivity index (χ0v) is 11.4. The van der Waals surface area contributed by atoms with Crippen LogP contribution in [0.15, 0.2) is 18.2 Å². The fourth-order valence-electron chi connectivity index (χ4n) is 1.70. The lowest BCUT2D eigenvalue weighted by Crippen LogP contribution is -2.30. The Balaban J connectivity index is 2.89. The third kappa shape index (κ3) is 3.39. The monoisotopic (exact) mass is 251 g/mol. The molecule has 0 aliphatic rings. The van der Waals surface area contributed by atoms with E-state index < -0.39 is 0 Å². The molecular weight excluding hydrogens is 230 g/mol. The van der Waals surface area contributed by atoms with Crippen molar-refractivity contribution in [3.63, 3.8) is 0 Å². The highest BCUT2D eigenvalue weighted by atomic mass is 16.5. The Kier molecular flexibility index (Phi) is 5.01. The van der Waals surface area contributed by atoms with E-state index in [1.807, 2.05) is 0 Å². The van der Waals surface area contributed by atoms with Gasteiger partial charge < -0.3 is 14.7 Å². The van der Waals surface area contributed by atoms with Gasteiger partial charge in [0.15, 0.2) is 0 Å². The predicted molar refractivity (Wildman–Crippen MR) is 71.1 cm³/mol. The number of benzene rings is 1. The maximum Gasteiger partial charge on any atom is 0.257 e. The summed E-state index contributed by atoms with van der Waals surface area (Å²) < 4.78 is 5.06. The van der Waals surface area contributed by atoms with Crippen LogP contribution in [0, 0.1) is 5.92 Å². The van der Waals surface area contributed by atoms with E-state index in [2.05, 4.69) is 13.8 Å². The van der Waals surface area contributed by atoms with Gasteiger partial charge in [-0.2, -0.15) is 0 Å². The first kappa shape index (κ1) is 14.4. The number of carbonyl (C=O) groups excluding carboxylic acids is 1. The van der Waals surface area contributed by atoms with Crippen LogP contribution in [0.1, 0.15) is 30.6 Å². The van der Waals surface area contributed by atoms with E-state index in [9.17, 15) is 9.90 Å². The van der Waals surface area contributed by atoms with E-state index in [1.165, 1.54) is 13.2 Å². The van der Waals surface area contributed by atoms with Crippen molar-refractivity contribution in [2.75, 3.05) is 20.7 Å². The minimum atomic E-state index is -0.188. The number of nitrogens with zero attached hydrogens (tertiary/aromatic N) is 1. The Morgan fingerprint density at radius 3 is 2.72 bits per heavy atom. The van der Waals surface area contributed by atoms with Crippen molar-refractivity contribution in [1.82, 2.24) is 4.90 Å². The van der Waals surface area contributed by atoms with Crippen molar-refractivity contribution in [2.24, 2.45) is 5.92 Å². The van der Waals surface area contributed by atoms with Crippen LogP contribution in [0.4, 0.5) is 0 Å². The minimum Gasteiger partial charge on any atom is -0.507 e. The number of amides is 1. The first-order valence-corrected chi connectivity index (χ1v) is 6.12. The van der Waals surface area contributed by atoms with E-state index >= 15 is 0 Å². The summed E-state index contributed by atoms with van der Waals surface area (Å²) in [5, 5.41) is 9.74. The first-order chi connectivity index (χ1) is 8.49. The molecule has 1 unspecified atom stereocenters. The lowest BCUT2D eigenvalue weighted by atomic mass is 10.1. The van der Waals surface area contributed by atoms with Crippen molar-refractivity contribution in [2.45, 2.75) is 20.3 Å². The Morgan fingerprint density at radius 2 is 2.17 bits per heavy atom. The Labute approximate surface area is 108 Å². The number of rotatable bonds is 5. The molecule has 0 aliphatic heterocycles. The summed E-state index contributed by atoms with van der Waals surface area (Å²) in [6.45, 7) is 4.85. The van der Waals surface area contributed by atoms with E-state index in [-0.39, 0.29) is 17.2 Å². The molecule has 0 fully saturated rings. The molecule has 0 radical (unpaired) electrons. The molecule has 4 heteroatoms. The molecule has 1 aromatic rings. The van der Waals surface area contributed by atoms with Crippen LogP contribution in [0.5, 0.6) is 11.5 Å². The van der Waals surface area contributed by atoms with Gasteiger partial charge in [0.25, 0.3) is 5.91 Å². The smallest absolute Gasteiger partial charge is 0.257 e. The van der Waals surface area contributed by atoms with Gasteiger partial charge in [0.05, 0.1) is 12.7 Å². The van der Waals surface area contributed by atoms with E-state index in [0.717, 1.165) is 6.42 Å². The zero-order chi connectivity index (χ0) is 13.7. The van der Waals surface area contributed by atoms with Gasteiger partial charge in [-0.3, -0.25) is 4.79 Å². The molecule has 0 spiro atoms. The van der Waals surface area contributed by atoms with Gasteiger partial charge in [-0.15, -0.1) is 0 Å². The highest BCUT2D eigenvalue weighted by Gasteiger charge is 2.17.